The molecule has 0 saturated heterocycles. The Balaban J connectivity index is 2.47. The van der Waals surface area contributed by atoms with Crippen LogP contribution in [0.5, 0.6) is 0 Å². The van der Waals surface area contributed by atoms with Crippen LogP contribution in [0.1, 0.15) is 61.3 Å². The molecule has 0 spiro atoms. The van der Waals surface area contributed by atoms with Gasteiger partial charge in [-0.25, -0.2) is 0 Å². The van der Waals surface area contributed by atoms with Crippen molar-refractivity contribution in [3.8, 4) is 0 Å². The Bertz CT molecular complexity index is 539. The van der Waals surface area contributed by atoms with Crippen molar-refractivity contribution in [1.29, 1.82) is 0 Å². The number of hydrogen-bond acceptors (Lipinski definition) is 3. The van der Waals surface area contributed by atoms with Crippen LogP contribution in [0.3, 0.4) is 0 Å². The molecule has 2 unspecified atom stereocenters. The zero-order valence-corrected chi connectivity index (χ0v) is 15.7. The number of ketones is 2. The molecule has 2 atom stereocenters. The molecule has 0 aliphatic heterocycles. The van der Waals surface area contributed by atoms with Crippen LogP contribution in [0.25, 0.3) is 0 Å². The van der Waals surface area contributed by atoms with Crippen LogP contribution in [0.15, 0.2) is 0 Å². The monoisotopic (exact) mass is 321 g/mol. The van der Waals surface area contributed by atoms with Gasteiger partial charge in [0, 0.05) is 18.5 Å². The fourth-order valence-electron chi connectivity index (χ4n) is 4.64. The first-order valence-electron chi connectivity index (χ1n) is 8.80. The van der Waals surface area contributed by atoms with Crippen molar-refractivity contribution < 1.29 is 14.4 Å². The van der Waals surface area contributed by atoms with Crippen LogP contribution in [-0.2, 0) is 14.4 Å². The normalized spacial score (nSPS) is 32.2. The maximum Gasteiger partial charge on any atom is 0.237 e. The third kappa shape index (κ3) is 2.20. The molecular formula is C19H31NO3. The first-order valence-corrected chi connectivity index (χ1v) is 8.80. The fraction of sp³-hybridized carbons (Fsp3) is 0.842. The largest absolute Gasteiger partial charge is 0.341 e. The second-order valence-electron chi connectivity index (χ2n) is 9.02. The molecule has 0 radical (unpaired) electrons. The summed E-state index contributed by atoms with van der Waals surface area (Å²) in [5.74, 6) is -0.242. The lowest BCUT2D eigenvalue weighted by Gasteiger charge is -2.41. The Hall–Kier alpha value is -1.19. The van der Waals surface area contributed by atoms with E-state index in [-0.39, 0.29) is 11.7 Å². The van der Waals surface area contributed by atoms with Crippen LogP contribution in [0.2, 0.25) is 0 Å². The van der Waals surface area contributed by atoms with Gasteiger partial charge in [-0.15, -0.1) is 0 Å². The average molecular weight is 321 g/mol. The zero-order valence-electron chi connectivity index (χ0n) is 15.7. The van der Waals surface area contributed by atoms with E-state index in [4.69, 9.17) is 0 Å². The molecule has 0 aromatic heterocycles. The summed E-state index contributed by atoms with van der Waals surface area (Å²) in [6.07, 6.45) is 1.14. The summed E-state index contributed by atoms with van der Waals surface area (Å²) in [4.78, 5) is 40.7. The van der Waals surface area contributed by atoms with Gasteiger partial charge in [0.2, 0.25) is 17.5 Å². The molecule has 0 aromatic rings. The lowest BCUT2D eigenvalue weighted by molar-refractivity contribution is -0.156. The Labute approximate surface area is 140 Å². The van der Waals surface area contributed by atoms with Crippen molar-refractivity contribution in [1.82, 2.24) is 4.90 Å². The lowest BCUT2D eigenvalue weighted by atomic mass is 9.64. The van der Waals surface area contributed by atoms with Crippen LogP contribution < -0.4 is 0 Å². The van der Waals surface area contributed by atoms with Crippen LogP contribution in [-0.4, -0.2) is 35.5 Å². The first-order chi connectivity index (χ1) is 10.4. The summed E-state index contributed by atoms with van der Waals surface area (Å²) in [6, 6.07) is 0. The highest BCUT2D eigenvalue weighted by Crippen LogP contribution is 2.69. The summed E-state index contributed by atoms with van der Waals surface area (Å²) in [6.45, 7) is 15.3. The van der Waals surface area contributed by atoms with Crippen molar-refractivity contribution in [3.05, 3.63) is 0 Å². The van der Waals surface area contributed by atoms with Crippen molar-refractivity contribution in [2.24, 2.45) is 28.1 Å². The molecule has 2 bridgehead atoms. The topological polar surface area (TPSA) is 54.5 Å². The molecule has 1 amide bonds. The highest BCUT2D eigenvalue weighted by molar-refractivity contribution is 6.48. The number of carbonyl (C=O) groups excluding carboxylic acids is 3. The van der Waals surface area contributed by atoms with Gasteiger partial charge >= 0.3 is 0 Å². The van der Waals surface area contributed by atoms with E-state index >= 15 is 0 Å². The second kappa shape index (κ2) is 5.42. The Morgan fingerprint density at radius 2 is 1.43 bits per heavy atom. The summed E-state index contributed by atoms with van der Waals surface area (Å²) in [5.41, 5.74) is -2.46. The summed E-state index contributed by atoms with van der Waals surface area (Å²) < 4.78 is 0. The van der Waals surface area contributed by atoms with Crippen LogP contribution in [0, 0.1) is 28.1 Å². The minimum absolute atomic E-state index is 0.121. The van der Waals surface area contributed by atoms with Gasteiger partial charge < -0.3 is 4.90 Å². The van der Waals surface area contributed by atoms with E-state index in [9.17, 15) is 14.4 Å². The van der Waals surface area contributed by atoms with E-state index < -0.39 is 22.0 Å². The second-order valence-corrected chi connectivity index (χ2v) is 9.02. The van der Waals surface area contributed by atoms with Gasteiger partial charge in [0.15, 0.2) is 0 Å². The van der Waals surface area contributed by atoms with Crippen molar-refractivity contribution in [2.75, 3.05) is 13.1 Å². The summed E-state index contributed by atoms with van der Waals surface area (Å²) in [7, 11) is 0. The molecule has 2 saturated carbocycles. The number of carbonyl (C=O) groups is 3. The minimum atomic E-state index is -1.15. The van der Waals surface area contributed by atoms with Crippen molar-refractivity contribution in [2.45, 2.75) is 61.3 Å². The quantitative estimate of drug-likeness (QED) is 0.577. The maximum atomic E-state index is 13.5. The molecule has 0 aromatic carbocycles. The molecule has 2 aliphatic carbocycles. The minimum Gasteiger partial charge on any atom is -0.341 e. The molecule has 2 rings (SSSR count). The highest BCUT2D eigenvalue weighted by atomic mass is 16.2. The number of Topliss-reactive ketones (excluding diaryl/α,β-unsaturated/α-hetero) is 2. The number of fused-ring (bicyclic) bond motifs is 2. The Morgan fingerprint density at radius 3 is 1.78 bits per heavy atom. The zero-order chi connectivity index (χ0) is 17.8. The summed E-state index contributed by atoms with van der Waals surface area (Å²) >= 11 is 0. The molecule has 2 aliphatic rings. The summed E-state index contributed by atoms with van der Waals surface area (Å²) in [5, 5.41) is 0. The van der Waals surface area contributed by atoms with Gasteiger partial charge in [-0.1, -0.05) is 48.5 Å². The molecule has 130 valence electrons. The number of hydrogen-bond donors (Lipinski definition) is 0. The highest BCUT2D eigenvalue weighted by Gasteiger charge is 2.78. The third-order valence-electron chi connectivity index (χ3n) is 6.36. The molecule has 2 fully saturated rings. The van der Waals surface area contributed by atoms with E-state index in [1.54, 1.807) is 0 Å². The third-order valence-corrected chi connectivity index (χ3v) is 6.36. The smallest absolute Gasteiger partial charge is 0.237 e. The van der Waals surface area contributed by atoms with Crippen LogP contribution in [0.4, 0.5) is 0 Å². The number of nitrogens with zero attached hydrogens (tertiary/aromatic N) is 1. The van der Waals surface area contributed by atoms with Crippen molar-refractivity contribution >= 4 is 17.5 Å². The van der Waals surface area contributed by atoms with Crippen LogP contribution >= 0.6 is 0 Å². The number of amides is 1. The molecule has 0 heterocycles. The maximum absolute atomic E-state index is 13.5. The van der Waals surface area contributed by atoms with E-state index in [0.29, 0.717) is 37.8 Å². The number of rotatable bonds is 5. The van der Waals surface area contributed by atoms with E-state index in [1.165, 1.54) is 0 Å². The fourth-order valence-corrected chi connectivity index (χ4v) is 4.64. The molecule has 4 nitrogen and oxygen atoms in total. The van der Waals surface area contributed by atoms with Gasteiger partial charge in [-0.05, 0) is 30.1 Å². The van der Waals surface area contributed by atoms with Gasteiger partial charge in [0.25, 0.3) is 0 Å². The predicted octanol–water partition coefficient (Wildman–Crippen LogP) is 3.09. The SMILES string of the molecule is CC(C)CN(CC(C)C)C(=O)C12CCC(C)(C(=O)C1=O)C2(C)C. The van der Waals surface area contributed by atoms with E-state index in [0.717, 1.165) is 0 Å². The first kappa shape index (κ1) is 18.2. The molecular weight excluding hydrogens is 290 g/mol. The van der Waals surface area contributed by atoms with Crippen molar-refractivity contribution in [3.63, 3.8) is 0 Å². The molecule has 0 N–H and O–H groups in total. The van der Waals surface area contributed by atoms with E-state index in [2.05, 4.69) is 27.7 Å². The van der Waals surface area contributed by atoms with Gasteiger partial charge in [0.05, 0.1) is 0 Å². The predicted molar refractivity (Wildman–Crippen MR) is 89.8 cm³/mol. The van der Waals surface area contributed by atoms with E-state index in [1.807, 2.05) is 25.7 Å². The Kier molecular flexibility index (Phi) is 4.28. The lowest BCUT2D eigenvalue weighted by Crippen LogP contribution is -2.53. The average Bonchev–Trinajstić information content (AvgIpc) is 2.69. The molecule has 23 heavy (non-hydrogen) atoms. The standard InChI is InChI=1S/C19H31NO3/c1-12(2)10-20(11-13(3)4)16(23)19-9-8-18(7,17(19,5)6)14(21)15(19)22/h12-13H,8-11H2,1-7H3. The van der Waals surface area contributed by atoms with Gasteiger partial charge in [0.1, 0.15) is 5.41 Å². The van der Waals surface area contributed by atoms with Gasteiger partial charge in [-0.2, -0.15) is 0 Å². The van der Waals surface area contributed by atoms with Gasteiger partial charge in [-0.3, -0.25) is 14.4 Å². The Morgan fingerprint density at radius 1 is 0.957 bits per heavy atom. The molecule has 4 heteroatoms.